The van der Waals surface area contributed by atoms with Crippen LogP contribution in [0.25, 0.3) is 17.2 Å². The summed E-state index contributed by atoms with van der Waals surface area (Å²) in [7, 11) is 0.739. The number of hydrogen-bond acceptors (Lipinski definition) is 3. The Morgan fingerprint density at radius 1 is 1.41 bits per heavy atom. The lowest BCUT2D eigenvalue weighted by atomic mass is 10.4. The molecule has 0 bridgehead atoms. The smallest absolute Gasteiger partial charge is 0.147 e. The first-order chi connectivity index (χ1) is 10.4. The maximum absolute atomic E-state index is 5.83. The molecule has 0 aromatic carbocycles. The van der Waals surface area contributed by atoms with Crippen molar-refractivity contribution in [1.29, 1.82) is 0 Å². The van der Waals surface area contributed by atoms with E-state index in [2.05, 4.69) is 36.2 Å². The first kappa shape index (κ1) is 16.7. The Bertz CT molecular complexity index is 737. The molecule has 0 aliphatic rings. The maximum atomic E-state index is 5.83. The van der Waals surface area contributed by atoms with Gasteiger partial charge in [-0.3, -0.25) is 9.56 Å². The molecule has 2 aromatic heterocycles. The van der Waals surface area contributed by atoms with Crippen LogP contribution in [0.15, 0.2) is 23.8 Å². The van der Waals surface area contributed by atoms with Gasteiger partial charge in [-0.05, 0) is 19.0 Å². The van der Waals surface area contributed by atoms with Crippen LogP contribution >= 0.6 is 0 Å². The molecule has 0 spiro atoms. The third kappa shape index (κ3) is 3.56. The zero-order valence-corrected chi connectivity index (χ0v) is 15.3. The maximum Gasteiger partial charge on any atom is 0.147 e. The molecule has 0 aliphatic heterocycles. The summed E-state index contributed by atoms with van der Waals surface area (Å²) in [6.07, 6.45) is 3.75. The van der Waals surface area contributed by atoms with Crippen molar-refractivity contribution in [2.24, 2.45) is 4.99 Å². The molecule has 0 aliphatic carbocycles. The Morgan fingerprint density at radius 2 is 2.14 bits per heavy atom. The number of nitrogens with zero attached hydrogens (tertiary/aromatic N) is 4. The Hall–Kier alpha value is -1.66. The molecule has 0 atom stereocenters. The van der Waals surface area contributed by atoms with Gasteiger partial charge >= 0.3 is 0 Å². The van der Waals surface area contributed by atoms with E-state index >= 15 is 0 Å². The molecule has 2 heterocycles. The fraction of sp³-hybridized carbons (Fsp3) is 0.500. The van der Waals surface area contributed by atoms with Crippen molar-refractivity contribution in [2.45, 2.75) is 39.3 Å². The molecule has 0 unspecified atom stereocenters. The lowest BCUT2D eigenvalue weighted by molar-refractivity contribution is 0.0898. The highest BCUT2D eigenvalue weighted by molar-refractivity contribution is 6.76. The van der Waals surface area contributed by atoms with Crippen molar-refractivity contribution in [1.82, 2.24) is 14.1 Å². The largest absolute Gasteiger partial charge is 0.361 e. The second-order valence-corrected chi connectivity index (χ2v) is 12.3. The molecule has 0 saturated heterocycles. The molecule has 6 heteroatoms. The normalized spacial score (nSPS) is 13.0. The predicted molar refractivity (Wildman–Crippen MR) is 94.4 cm³/mol. The Morgan fingerprint density at radius 3 is 2.73 bits per heavy atom. The summed E-state index contributed by atoms with van der Waals surface area (Å²) in [5, 5.41) is 1.02. The van der Waals surface area contributed by atoms with E-state index in [4.69, 9.17) is 4.74 Å². The summed E-state index contributed by atoms with van der Waals surface area (Å²) in [5.41, 5.74) is 1.78. The minimum Gasteiger partial charge on any atom is -0.361 e. The van der Waals surface area contributed by atoms with Crippen molar-refractivity contribution in [2.75, 3.05) is 13.7 Å². The van der Waals surface area contributed by atoms with Crippen LogP contribution in [0.1, 0.15) is 5.82 Å². The molecular formula is C16H26N4OSi. The number of rotatable bonds is 6. The van der Waals surface area contributed by atoms with Gasteiger partial charge in [-0.1, -0.05) is 26.2 Å². The highest BCUT2D eigenvalue weighted by atomic mass is 28.3. The number of aryl methyl sites for hydroxylation is 1. The van der Waals surface area contributed by atoms with Gasteiger partial charge in [0.1, 0.15) is 23.7 Å². The molecular weight excluding hydrogens is 292 g/mol. The zero-order valence-electron chi connectivity index (χ0n) is 14.3. The molecule has 2 aromatic rings. The van der Waals surface area contributed by atoms with Crippen molar-refractivity contribution in [3.05, 3.63) is 30.2 Å². The van der Waals surface area contributed by atoms with Crippen LogP contribution in [0.4, 0.5) is 0 Å². The van der Waals surface area contributed by atoms with Gasteiger partial charge in [-0.25, -0.2) is 4.98 Å². The lowest BCUT2D eigenvalue weighted by Gasteiger charge is -2.15. The zero-order chi connectivity index (χ0) is 16.3. The fourth-order valence-corrected chi connectivity index (χ4v) is 3.10. The summed E-state index contributed by atoms with van der Waals surface area (Å²) in [4.78, 5) is 9.04. The molecule has 2 rings (SSSR count). The lowest BCUT2D eigenvalue weighted by Crippen LogP contribution is -2.22. The number of ether oxygens (including phenoxy) is 1. The van der Waals surface area contributed by atoms with Gasteiger partial charge in [0.05, 0.1) is 5.39 Å². The molecule has 5 nitrogen and oxygen atoms in total. The van der Waals surface area contributed by atoms with Gasteiger partial charge < -0.3 is 9.30 Å². The third-order valence-electron chi connectivity index (χ3n) is 3.64. The summed E-state index contributed by atoms with van der Waals surface area (Å²) in [6, 6.07) is 3.20. The van der Waals surface area contributed by atoms with Gasteiger partial charge in [0.25, 0.3) is 0 Å². The van der Waals surface area contributed by atoms with E-state index < -0.39 is 8.07 Å². The second-order valence-electron chi connectivity index (χ2n) is 6.63. The molecule has 0 radical (unpaired) electrons. The Balaban J connectivity index is 2.27. The second kappa shape index (κ2) is 6.62. The van der Waals surface area contributed by atoms with Crippen molar-refractivity contribution < 1.29 is 4.74 Å². The number of fused-ring (bicyclic) bond motifs is 1. The standard InChI is InChI=1S/C16H26N4OSi/c1-7-20-13(2)18-16-14(15(20)17-3)8-9-19(16)12-21-10-11-22(4,5)6/h7-9H,1,10-12H2,2-6H3. The van der Waals surface area contributed by atoms with E-state index in [1.165, 1.54) is 6.04 Å². The van der Waals surface area contributed by atoms with Crippen molar-refractivity contribution in [3.63, 3.8) is 0 Å². The highest BCUT2D eigenvalue weighted by Crippen LogP contribution is 2.12. The summed E-state index contributed by atoms with van der Waals surface area (Å²) < 4.78 is 9.77. The summed E-state index contributed by atoms with van der Waals surface area (Å²) >= 11 is 0. The van der Waals surface area contributed by atoms with Gasteiger partial charge in [0.2, 0.25) is 0 Å². The van der Waals surface area contributed by atoms with Crippen LogP contribution in [0.3, 0.4) is 0 Å². The number of aromatic nitrogens is 3. The summed E-state index contributed by atoms with van der Waals surface area (Å²) in [5.74, 6) is 0.866. The van der Waals surface area contributed by atoms with Crippen molar-refractivity contribution in [3.8, 4) is 0 Å². The van der Waals surface area contributed by atoms with Crippen LogP contribution in [-0.2, 0) is 11.5 Å². The van der Waals surface area contributed by atoms with Gasteiger partial charge in [0.15, 0.2) is 0 Å². The van der Waals surface area contributed by atoms with Crippen LogP contribution in [-0.4, -0.2) is 35.8 Å². The molecule has 0 saturated carbocycles. The van der Waals surface area contributed by atoms with Gasteiger partial charge in [-0.2, -0.15) is 0 Å². The first-order valence-corrected chi connectivity index (χ1v) is 11.3. The van der Waals surface area contributed by atoms with E-state index in [1.807, 2.05) is 28.3 Å². The minimum atomic E-state index is -1.05. The van der Waals surface area contributed by atoms with E-state index in [9.17, 15) is 0 Å². The third-order valence-corrected chi connectivity index (χ3v) is 5.34. The monoisotopic (exact) mass is 318 g/mol. The van der Waals surface area contributed by atoms with Gasteiger partial charge in [0, 0.05) is 34.1 Å². The minimum absolute atomic E-state index is 0.529. The summed E-state index contributed by atoms with van der Waals surface area (Å²) in [6.45, 7) is 14.2. The Kier molecular flexibility index (Phi) is 5.03. The first-order valence-electron chi connectivity index (χ1n) is 7.58. The average molecular weight is 318 g/mol. The quantitative estimate of drug-likeness (QED) is 0.607. The molecule has 0 fully saturated rings. The predicted octanol–water partition coefficient (Wildman–Crippen LogP) is 3.09. The average Bonchev–Trinajstić information content (AvgIpc) is 2.83. The van der Waals surface area contributed by atoms with Crippen molar-refractivity contribution >= 4 is 25.3 Å². The number of hydrogen-bond donors (Lipinski definition) is 0. The fourth-order valence-electron chi connectivity index (χ4n) is 2.35. The molecule has 0 amide bonds. The van der Waals surface area contributed by atoms with Crippen LogP contribution in [0.5, 0.6) is 0 Å². The van der Waals surface area contributed by atoms with Gasteiger partial charge in [-0.15, -0.1) is 0 Å². The van der Waals surface area contributed by atoms with Crippen LogP contribution < -0.4 is 5.49 Å². The topological polar surface area (TPSA) is 44.3 Å². The van der Waals surface area contributed by atoms with Crippen LogP contribution in [0, 0.1) is 6.92 Å². The highest BCUT2D eigenvalue weighted by Gasteiger charge is 2.13. The molecule has 22 heavy (non-hydrogen) atoms. The van der Waals surface area contributed by atoms with E-state index in [1.54, 1.807) is 13.2 Å². The van der Waals surface area contributed by atoms with E-state index in [-0.39, 0.29) is 0 Å². The van der Waals surface area contributed by atoms with E-state index in [0.29, 0.717) is 6.73 Å². The SMILES string of the molecule is C=Cn1c(C)nc2c(ccn2COCC[Si](C)(C)C)c1=NC. The molecule has 0 N–H and O–H groups in total. The van der Waals surface area contributed by atoms with E-state index in [0.717, 1.165) is 29.0 Å². The van der Waals surface area contributed by atoms with Crippen LogP contribution in [0.2, 0.25) is 25.7 Å². The Labute approximate surface area is 133 Å². The molecule has 120 valence electrons.